The first kappa shape index (κ1) is 11.1. The number of carbonyl (C=O) groups is 1. The summed E-state index contributed by atoms with van der Waals surface area (Å²) in [4.78, 5) is 13.7. The minimum absolute atomic E-state index is 0.0525. The van der Waals surface area contributed by atoms with Gasteiger partial charge in [-0.05, 0) is 30.9 Å². The van der Waals surface area contributed by atoms with Gasteiger partial charge in [0.15, 0.2) is 0 Å². The van der Waals surface area contributed by atoms with Crippen molar-refractivity contribution in [3.05, 3.63) is 35.4 Å². The molecule has 1 amide bonds. The van der Waals surface area contributed by atoms with Crippen LogP contribution in [-0.2, 0) is 17.8 Å². The van der Waals surface area contributed by atoms with Crippen LogP contribution in [-0.4, -0.2) is 23.4 Å². The zero-order chi connectivity index (χ0) is 11.5. The molecule has 0 aliphatic carbocycles. The van der Waals surface area contributed by atoms with Crippen molar-refractivity contribution in [3.8, 4) is 0 Å². The van der Waals surface area contributed by atoms with Gasteiger partial charge in [0, 0.05) is 13.1 Å². The standard InChI is InChI=1S/C13H18N2O/c1-10(14)13(16)15-8-4-7-11-5-2-3-6-12(11)9-15/h2-3,5-6,10H,4,7-9,14H2,1H3. The third-order valence-corrected chi connectivity index (χ3v) is 3.05. The molecule has 0 saturated heterocycles. The Labute approximate surface area is 96.2 Å². The first-order valence-corrected chi connectivity index (χ1v) is 5.79. The molecule has 86 valence electrons. The number of hydrogen-bond donors (Lipinski definition) is 1. The summed E-state index contributed by atoms with van der Waals surface area (Å²) in [5, 5.41) is 0. The van der Waals surface area contributed by atoms with Gasteiger partial charge in [0.25, 0.3) is 0 Å². The van der Waals surface area contributed by atoms with Crippen LogP contribution >= 0.6 is 0 Å². The maximum atomic E-state index is 11.9. The maximum absolute atomic E-state index is 11.9. The molecule has 1 atom stereocenters. The highest BCUT2D eigenvalue weighted by molar-refractivity contribution is 5.81. The van der Waals surface area contributed by atoms with Crippen molar-refractivity contribution in [1.82, 2.24) is 4.90 Å². The predicted molar refractivity (Wildman–Crippen MR) is 63.8 cm³/mol. The minimum atomic E-state index is -0.398. The molecule has 1 unspecified atom stereocenters. The monoisotopic (exact) mass is 218 g/mol. The fourth-order valence-electron chi connectivity index (χ4n) is 2.18. The number of nitrogens with zero attached hydrogens (tertiary/aromatic N) is 1. The van der Waals surface area contributed by atoms with Crippen molar-refractivity contribution in [2.45, 2.75) is 32.4 Å². The van der Waals surface area contributed by atoms with Gasteiger partial charge in [-0.3, -0.25) is 4.79 Å². The molecule has 1 aliphatic heterocycles. The first-order chi connectivity index (χ1) is 7.68. The normalized spacial score (nSPS) is 17.5. The minimum Gasteiger partial charge on any atom is -0.337 e. The summed E-state index contributed by atoms with van der Waals surface area (Å²) in [6.07, 6.45) is 2.08. The van der Waals surface area contributed by atoms with Crippen molar-refractivity contribution >= 4 is 5.91 Å². The number of rotatable bonds is 1. The van der Waals surface area contributed by atoms with E-state index in [1.165, 1.54) is 11.1 Å². The fourth-order valence-corrected chi connectivity index (χ4v) is 2.18. The van der Waals surface area contributed by atoms with Crippen LogP contribution < -0.4 is 5.73 Å². The van der Waals surface area contributed by atoms with Crippen molar-refractivity contribution in [2.24, 2.45) is 5.73 Å². The van der Waals surface area contributed by atoms with E-state index < -0.39 is 6.04 Å². The molecule has 3 nitrogen and oxygen atoms in total. The Morgan fingerprint density at radius 3 is 2.75 bits per heavy atom. The second-order valence-electron chi connectivity index (χ2n) is 4.42. The second kappa shape index (κ2) is 4.66. The van der Waals surface area contributed by atoms with E-state index in [0.29, 0.717) is 6.54 Å². The van der Waals surface area contributed by atoms with E-state index in [-0.39, 0.29) is 5.91 Å². The average Bonchev–Trinajstić information content (AvgIpc) is 2.49. The highest BCUT2D eigenvalue weighted by atomic mass is 16.2. The molecule has 1 aromatic carbocycles. The van der Waals surface area contributed by atoms with Gasteiger partial charge in [-0.1, -0.05) is 24.3 Å². The van der Waals surface area contributed by atoms with E-state index in [2.05, 4.69) is 18.2 Å². The molecular formula is C13H18N2O. The fraction of sp³-hybridized carbons (Fsp3) is 0.462. The zero-order valence-electron chi connectivity index (χ0n) is 9.65. The van der Waals surface area contributed by atoms with Gasteiger partial charge in [0.2, 0.25) is 5.91 Å². The van der Waals surface area contributed by atoms with E-state index in [1.54, 1.807) is 6.92 Å². The van der Waals surface area contributed by atoms with Crippen LogP contribution in [0.25, 0.3) is 0 Å². The molecule has 0 bridgehead atoms. The molecule has 2 rings (SSSR count). The maximum Gasteiger partial charge on any atom is 0.239 e. The molecule has 0 fully saturated rings. The van der Waals surface area contributed by atoms with Crippen LogP contribution in [0, 0.1) is 0 Å². The van der Waals surface area contributed by atoms with Crippen molar-refractivity contribution in [3.63, 3.8) is 0 Å². The molecule has 0 spiro atoms. The molecule has 0 radical (unpaired) electrons. The molecule has 1 aromatic rings. The van der Waals surface area contributed by atoms with Gasteiger partial charge in [0.1, 0.15) is 0 Å². The molecule has 1 aliphatic rings. The Morgan fingerprint density at radius 1 is 1.38 bits per heavy atom. The lowest BCUT2D eigenvalue weighted by atomic mass is 10.0. The summed E-state index contributed by atoms with van der Waals surface area (Å²) in [6, 6.07) is 7.93. The molecule has 0 saturated carbocycles. The predicted octanol–water partition coefficient (Wildman–Crippen LogP) is 1.31. The Morgan fingerprint density at radius 2 is 2.06 bits per heavy atom. The van der Waals surface area contributed by atoms with E-state index in [0.717, 1.165) is 19.4 Å². The number of aryl methyl sites for hydroxylation is 1. The summed E-state index contributed by atoms with van der Waals surface area (Å²) in [5.74, 6) is 0.0525. The lowest BCUT2D eigenvalue weighted by Gasteiger charge is -2.22. The van der Waals surface area contributed by atoms with Crippen molar-refractivity contribution < 1.29 is 4.79 Å². The van der Waals surface area contributed by atoms with Crippen molar-refractivity contribution in [1.29, 1.82) is 0 Å². The Kier molecular flexibility index (Phi) is 3.25. The molecule has 2 N–H and O–H groups in total. The van der Waals surface area contributed by atoms with E-state index in [9.17, 15) is 4.79 Å². The Hall–Kier alpha value is -1.35. The summed E-state index contributed by atoms with van der Waals surface area (Å²) in [5.41, 5.74) is 8.27. The largest absolute Gasteiger partial charge is 0.337 e. The van der Waals surface area contributed by atoms with E-state index in [4.69, 9.17) is 5.73 Å². The van der Waals surface area contributed by atoms with E-state index >= 15 is 0 Å². The molecule has 0 aromatic heterocycles. The van der Waals surface area contributed by atoms with Gasteiger partial charge in [-0.15, -0.1) is 0 Å². The number of amides is 1. The highest BCUT2D eigenvalue weighted by Gasteiger charge is 2.20. The quantitative estimate of drug-likeness (QED) is 0.772. The topological polar surface area (TPSA) is 46.3 Å². The van der Waals surface area contributed by atoms with Crippen LogP contribution in [0.2, 0.25) is 0 Å². The summed E-state index contributed by atoms with van der Waals surface area (Å²) < 4.78 is 0. The molecular weight excluding hydrogens is 200 g/mol. The smallest absolute Gasteiger partial charge is 0.239 e. The van der Waals surface area contributed by atoms with Crippen LogP contribution in [0.3, 0.4) is 0 Å². The number of nitrogens with two attached hydrogens (primary N) is 1. The van der Waals surface area contributed by atoms with Crippen LogP contribution in [0.5, 0.6) is 0 Å². The number of hydrogen-bond acceptors (Lipinski definition) is 2. The molecule has 16 heavy (non-hydrogen) atoms. The van der Waals surface area contributed by atoms with E-state index in [1.807, 2.05) is 11.0 Å². The lowest BCUT2D eigenvalue weighted by Crippen LogP contribution is -2.41. The summed E-state index contributed by atoms with van der Waals surface area (Å²) in [7, 11) is 0. The molecule has 1 heterocycles. The Bertz CT molecular complexity index is 387. The SMILES string of the molecule is CC(N)C(=O)N1CCCc2ccccc2C1. The number of fused-ring (bicyclic) bond motifs is 1. The third kappa shape index (κ3) is 2.25. The van der Waals surface area contributed by atoms with Crippen LogP contribution in [0.15, 0.2) is 24.3 Å². The van der Waals surface area contributed by atoms with Crippen LogP contribution in [0.4, 0.5) is 0 Å². The summed E-state index contributed by atoms with van der Waals surface area (Å²) in [6.45, 7) is 3.27. The first-order valence-electron chi connectivity index (χ1n) is 5.79. The Balaban J connectivity index is 2.20. The van der Waals surface area contributed by atoms with Crippen LogP contribution in [0.1, 0.15) is 24.5 Å². The van der Waals surface area contributed by atoms with Gasteiger partial charge in [-0.25, -0.2) is 0 Å². The number of benzene rings is 1. The van der Waals surface area contributed by atoms with Gasteiger partial charge in [0.05, 0.1) is 6.04 Å². The summed E-state index contributed by atoms with van der Waals surface area (Å²) >= 11 is 0. The lowest BCUT2D eigenvalue weighted by molar-refractivity contribution is -0.132. The van der Waals surface area contributed by atoms with Crippen molar-refractivity contribution in [2.75, 3.05) is 6.54 Å². The number of carbonyl (C=O) groups excluding carboxylic acids is 1. The second-order valence-corrected chi connectivity index (χ2v) is 4.42. The van der Waals surface area contributed by atoms with Gasteiger partial charge in [-0.2, -0.15) is 0 Å². The zero-order valence-corrected chi connectivity index (χ0v) is 9.65. The average molecular weight is 218 g/mol. The molecule has 3 heteroatoms. The van der Waals surface area contributed by atoms with Gasteiger partial charge < -0.3 is 10.6 Å². The van der Waals surface area contributed by atoms with Gasteiger partial charge >= 0.3 is 0 Å². The third-order valence-electron chi connectivity index (χ3n) is 3.05. The highest BCUT2D eigenvalue weighted by Crippen LogP contribution is 2.18.